The third-order valence-corrected chi connectivity index (χ3v) is 4.48. The molecule has 1 aromatic heterocycles. The van der Waals surface area contributed by atoms with E-state index in [1.165, 1.54) is 11.3 Å². The predicted octanol–water partition coefficient (Wildman–Crippen LogP) is 3.24. The van der Waals surface area contributed by atoms with Crippen LogP contribution in [0.4, 0.5) is 5.69 Å². The number of aliphatic hydroxyl groups excluding tert-OH is 1. The van der Waals surface area contributed by atoms with Crippen LogP contribution in [-0.4, -0.2) is 30.1 Å². The minimum absolute atomic E-state index is 0.0480. The van der Waals surface area contributed by atoms with Gasteiger partial charge in [0.15, 0.2) is 0 Å². The van der Waals surface area contributed by atoms with Crippen LogP contribution in [0.1, 0.15) is 51.8 Å². The number of nitrogens with one attached hydrogen (secondary N) is 2. The Balaban J connectivity index is 1.99. The van der Waals surface area contributed by atoms with E-state index in [1.54, 1.807) is 24.3 Å². The van der Waals surface area contributed by atoms with Crippen LogP contribution in [0.15, 0.2) is 35.7 Å². The highest BCUT2D eigenvalue weighted by atomic mass is 32.1. The molecule has 1 aromatic carbocycles. The van der Waals surface area contributed by atoms with E-state index in [1.807, 2.05) is 11.4 Å². The summed E-state index contributed by atoms with van der Waals surface area (Å²) in [4.78, 5) is 25.0. The Kier molecular flexibility index (Phi) is 6.52. The number of carbonyl (C=O) groups is 2. The molecule has 6 heteroatoms. The molecule has 2 amide bonds. The molecule has 0 bridgehead atoms. The second-order valence-corrected chi connectivity index (χ2v) is 6.64. The molecular weight excluding hydrogens is 324 g/mol. The molecule has 2 rings (SSSR count). The molecule has 0 saturated heterocycles. The Labute approximate surface area is 145 Å². The summed E-state index contributed by atoms with van der Waals surface area (Å²) in [6.07, 6.45) is 0.527. The number of thiophene rings is 1. The summed E-state index contributed by atoms with van der Waals surface area (Å²) in [6.45, 7) is 4.60. The maximum Gasteiger partial charge on any atom is 0.266 e. The van der Waals surface area contributed by atoms with Crippen molar-refractivity contribution in [1.82, 2.24) is 5.32 Å². The summed E-state index contributed by atoms with van der Waals surface area (Å²) in [7, 11) is 0. The lowest BCUT2D eigenvalue weighted by atomic mass is 10.0. The van der Waals surface area contributed by atoms with E-state index in [2.05, 4.69) is 24.5 Å². The Bertz CT molecular complexity index is 693. The van der Waals surface area contributed by atoms with Crippen molar-refractivity contribution < 1.29 is 14.7 Å². The van der Waals surface area contributed by atoms with Gasteiger partial charge in [-0.2, -0.15) is 0 Å². The van der Waals surface area contributed by atoms with Crippen molar-refractivity contribution in [3.63, 3.8) is 0 Å². The Morgan fingerprint density at radius 3 is 2.46 bits per heavy atom. The number of aliphatic hydroxyl groups is 1. The first kappa shape index (κ1) is 18.2. The second-order valence-electron chi connectivity index (χ2n) is 5.72. The minimum atomic E-state index is -0.193. The highest BCUT2D eigenvalue weighted by Gasteiger charge is 2.15. The second kappa shape index (κ2) is 8.61. The van der Waals surface area contributed by atoms with Crippen molar-refractivity contribution in [1.29, 1.82) is 0 Å². The van der Waals surface area contributed by atoms with Gasteiger partial charge in [0.05, 0.1) is 4.88 Å². The van der Waals surface area contributed by atoms with Gasteiger partial charge >= 0.3 is 0 Å². The number of hydrogen-bond acceptors (Lipinski definition) is 4. The van der Waals surface area contributed by atoms with Gasteiger partial charge in [-0.15, -0.1) is 11.3 Å². The number of anilines is 1. The van der Waals surface area contributed by atoms with Crippen molar-refractivity contribution in [2.75, 3.05) is 18.5 Å². The molecule has 128 valence electrons. The SMILES string of the molecule is CC(C)c1ccsc1C(=O)Nc1ccc(C(=O)NCCCO)cc1. The van der Waals surface area contributed by atoms with Crippen molar-refractivity contribution in [2.45, 2.75) is 26.2 Å². The lowest BCUT2D eigenvalue weighted by Gasteiger charge is -2.09. The van der Waals surface area contributed by atoms with Gasteiger partial charge in [0.2, 0.25) is 0 Å². The third-order valence-electron chi connectivity index (χ3n) is 3.55. The molecule has 0 atom stereocenters. The molecule has 0 radical (unpaired) electrons. The van der Waals surface area contributed by atoms with Gasteiger partial charge in [-0.3, -0.25) is 9.59 Å². The van der Waals surface area contributed by atoms with Crippen molar-refractivity contribution in [3.8, 4) is 0 Å². The Morgan fingerprint density at radius 1 is 1.12 bits per heavy atom. The van der Waals surface area contributed by atoms with Crippen LogP contribution in [0.3, 0.4) is 0 Å². The standard InChI is InChI=1S/C18H22N2O3S/c1-12(2)15-8-11-24-16(15)18(23)20-14-6-4-13(5-7-14)17(22)19-9-3-10-21/h4-8,11-12,21H,3,9-10H2,1-2H3,(H,19,22)(H,20,23). The van der Waals surface area contributed by atoms with E-state index in [4.69, 9.17) is 5.11 Å². The van der Waals surface area contributed by atoms with Gasteiger partial charge in [-0.05, 0) is 53.6 Å². The maximum atomic E-state index is 12.4. The predicted molar refractivity (Wildman–Crippen MR) is 96.8 cm³/mol. The Morgan fingerprint density at radius 2 is 1.83 bits per heavy atom. The van der Waals surface area contributed by atoms with Gasteiger partial charge in [-0.1, -0.05) is 13.8 Å². The lowest BCUT2D eigenvalue weighted by molar-refractivity contribution is 0.0950. The number of hydrogen-bond donors (Lipinski definition) is 3. The molecule has 0 fully saturated rings. The van der Waals surface area contributed by atoms with Gasteiger partial charge in [0.25, 0.3) is 11.8 Å². The monoisotopic (exact) mass is 346 g/mol. The van der Waals surface area contributed by atoms with Crippen LogP contribution in [-0.2, 0) is 0 Å². The lowest BCUT2D eigenvalue weighted by Crippen LogP contribution is -2.25. The summed E-state index contributed by atoms with van der Waals surface area (Å²) in [5.41, 5.74) is 2.21. The summed E-state index contributed by atoms with van der Waals surface area (Å²) in [5.74, 6) is -0.0301. The zero-order valence-corrected chi connectivity index (χ0v) is 14.7. The van der Waals surface area contributed by atoms with Gasteiger partial charge in [0.1, 0.15) is 0 Å². The van der Waals surface area contributed by atoms with E-state index in [0.717, 1.165) is 10.4 Å². The highest BCUT2D eigenvalue weighted by molar-refractivity contribution is 7.12. The normalized spacial score (nSPS) is 10.7. The van der Waals surface area contributed by atoms with Crippen LogP contribution in [0, 0.1) is 0 Å². The summed E-state index contributed by atoms with van der Waals surface area (Å²) in [5, 5.41) is 16.2. The topological polar surface area (TPSA) is 78.4 Å². The van der Waals surface area contributed by atoms with E-state index in [9.17, 15) is 9.59 Å². The van der Waals surface area contributed by atoms with Crippen LogP contribution < -0.4 is 10.6 Å². The molecule has 0 spiro atoms. The molecule has 0 unspecified atom stereocenters. The summed E-state index contributed by atoms with van der Waals surface area (Å²) >= 11 is 1.43. The molecule has 2 aromatic rings. The number of rotatable bonds is 7. The molecule has 0 aliphatic rings. The van der Waals surface area contributed by atoms with E-state index >= 15 is 0 Å². The molecule has 24 heavy (non-hydrogen) atoms. The zero-order chi connectivity index (χ0) is 17.5. The fourth-order valence-electron chi connectivity index (χ4n) is 2.23. The summed E-state index contributed by atoms with van der Waals surface area (Å²) in [6, 6.07) is 8.73. The van der Waals surface area contributed by atoms with E-state index in [0.29, 0.717) is 30.1 Å². The average Bonchev–Trinajstić information content (AvgIpc) is 3.05. The number of amides is 2. The molecule has 1 heterocycles. The van der Waals surface area contributed by atoms with Gasteiger partial charge in [-0.25, -0.2) is 0 Å². The molecule has 5 nitrogen and oxygen atoms in total. The smallest absolute Gasteiger partial charge is 0.266 e. The summed E-state index contributed by atoms with van der Waals surface area (Å²) < 4.78 is 0. The van der Waals surface area contributed by atoms with Crippen molar-refractivity contribution >= 4 is 28.8 Å². The van der Waals surface area contributed by atoms with Crippen molar-refractivity contribution in [2.24, 2.45) is 0 Å². The molecule has 0 saturated carbocycles. The van der Waals surface area contributed by atoms with Crippen LogP contribution in [0.2, 0.25) is 0 Å². The van der Waals surface area contributed by atoms with Gasteiger partial charge in [0, 0.05) is 24.4 Å². The Hall–Kier alpha value is -2.18. The highest BCUT2D eigenvalue weighted by Crippen LogP contribution is 2.25. The zero-order valence-electron chi connectivity index (χ0n) is 13.8. The minimum Gasteiger partial charge on any atom is -0.396 e. The third kappa shape index (κ3) is 4.66. The first-order chi connectivity index (χ1) is 11.5. The number of carbonyl (C=O) groups excluding carboxylic acids is 2. The fourth-order valence-corrected chi connectivity index (χ4v) is 3.18. The molecule has 0 aliphatic carbocycles. The molecule has 0 aliphatic heterocycles. The van der Waals surface area contributed by atoms with Gasteiger partial charge < -0.3 is 15.7 Å². The van der Waals surface area contributed by atoms with E-state index < -0.39 is 0 Å². The maximum absolute atomic E-state index is 12.4. The molecular formula is C18H22N2O3S. The molecule has 3 N–H and O–H groups in total. The fraction of sp³-hybridized carbons (Fsp3) is 0.333. The van der Waals surface area contributed by atoms with Crippen molar-refractivity contribution in [3.05, 3.63) is 51.7 Å². The first-order valence-corrected chi connectivity index (χ1v) is 8.78. The van der Waals surface area contributed by atoms with Crippen LogP contribution in [0.25, 0.3) is 0 Å². The first-order valence-electron chi connectivity index (χ1n) is 7.90. The van der Waals surface area contributed by atoms with Crippen LogP contribution in [0.5, 0.6) is 0 Å². The average molecular weight is 346 g/mol. The van der Waals surface area contributed by atoms with Crippen LogP contribution >= 0.6 is 11.3 Å². The largest absolute Gasteiger partial charge is 0.396 e. The quantitative estimate of drug-likeness (QED) is 0.674. The van der Waals surface area contributed by atoms with E-state index in [-0.39, 0.29) is 18.4 Å². The number of benzene rings is 1.